The van der Waals surface area contributed by atoms with Gasteiger partial charge in [-0.3, -0.25) is 9.48 Å². The van der Waals surface area contributed by atoms with Gasteiger partial charge in [-0.15, -0.1) is 11.3 Å². The molecule has 1 amide bonds. The van der Waals surface area contributed by atoms with Gasteiger partial charge in [0.1, 0.15) is 5.00 Å². The summed E-state index contributed by atoms with van der Waals surface area (Å²) in [5, 5.41) is 7.13. The van der Waals surface area contributed by atoms with E-state index in [2.05, 4.69) is 17.3 Å². The zero-order valence-electron chi connectivity index (χ0n) is 17.0. The highest BCUT2D eigenvalue weighted by molar-refractivity contribution is 7.17. The number of amides is 1. The first-order chi connectivity index (χ1) is 13.8. The van der Waals surface area contributed by atoms with E-state index in [1.54, 1.807) is 14.0 Å². The zero-order valence-corrected chi connectivity index (χ0v) is 17.8. The van der Waals surface area contributed by atoms with Gasteiger partial charge in [0.05, 0.1) is 23.9 Å². The maximum Gasteiger partial charge on any atom is 0.342 e. The number of aryl methyl sites for hydroxylation is 1. The van der Waals surface area contributed by atoms with Crippen molar-refractivity contribution in [3.63, 3.8) is 0 Å². The summed E-state index contributed by atoms with van der Waals surface area (Å²) in [5.74, 6) is -1.04. The summed E-state index contributed by atoms with van der Waals surface area (Å²) < 4.78 is 11.9. The largest absolute Gasteiger partial charge is 0.462 e. The van der Waals surface area contributed by atoms with Crippen LogP contribution in [-0.4, -0.2) is 40.3 Å². The van der Waals surface area contributed by atoms with Crippen LogP contribution in [-0.2, 0) is 34.2 Å². The summed E-state index contributed by atoms with van der Waals surface area (Å²) in [6, 6.07) is 0. The Labute approximate surface area is 173 Å². The third kappa shape index (κ3) is 4.67. The number of hydrogen-bond acceptors (Lipinski definition) is 7. The Kier molecular flexibility index (Phi) is 6.36. The first-order valence-electron chi connectivity index (χ1n) is 9.62. The van der Waals surface area contributed by atoms with E-state index in [1.807, 2.05) is 0 Å². The lowest BCUT2D eigenvalue weighted by Crippen LogP contribution is -2.30. The molecular formula is C20H25N3O5S. The fourth-order valence-electron chi connectivity index (χ4n) is 3.28. The molecule has 0 aliphatic heterocycles. The molecular weight excluding hydrogens is 394 g/mol. The molecule has 2 atom stereocenters. The molecule has 2 heterocycles. The van der Waals surface area contributed by atoms with Gasteiger partial charge < -0.3 is 14.8 Å². The number of fused-ring (bicyclic) bond motifs is 1. The molecule has 0 radical (unpaired) electrons. The number of nitrogens with zero attached hydrogens (tertiary/aromatic N) is 2. The number of rotatable bonds is 6. The summed E-state index contributed by atoms with van der Waals surface area (Å²) in [6.07, 6.45) is 4.50. The standard InChI is InChI=1S/C20H25N3O5S/c1-5-27-20(26)16-14-7-6-11(2)8-15(14)29-18(16)22-17(24)12(3)28-19(25)13-9-21-23(4)10-13/h9-12H,5-8H2,1-4H3,(H,22,24)/t11-,12-/m0/s1. The number of aromatic nitrogens is 2. The minimum Gasteiger partial charge on any atom is -0.462 e. The summed E-state index contributed by atoms with van der Waals surface area (Å²) in [6.45, 7) is 5.66. The smallest absolute Gasteiger partial charge is 0.342 e. The van der Waals surface area contributed by atoms with Crippen molar-refractivity contribution in [2.45, 2.75) is 46.1 Å². The molecule has 29 heavy (non-hydrogen) atoms. The first kappa shape index (κ1) is 21.0. The Hall–Kier alpha value is -2.68. The predicted octanol–water partition coefficient (Wildman–Crippen LogP) is 2.97. The summed E-state index contributed by atoms with van der Waals surface area (Å²) in [7, 11) is 1.68. The molecule has 0 saturated heterocycles. The highest BCUT2D eigenvalue weighted by atomic mass is 32.1. The van der Waals surface area contributed by atoms with Crippen LogP contribution in [0.2, 0.25) is 0 Å². The van der Waals surface area contributed by atoms with Crippen LogP contribution in [0.5, 0.6) is 0 Å². The second-order valence-corrected chi connectivity index (χ2v) is 8.32. The molecule has 156 valence electrons. The lowest BCUT2D eigenvalue weighted by Gasteiger charge is -2.18. The van der Waals surface area contributed by atoms with E-state index in [0.29, 0.717) is 16.5 Å². The molecule has 1 aliphatic rings. The van der Waals surface area contributed by atoms with E-state index in [9.17, 15) is 14.4 Å². The molecule has 0 unspecified atom stereocenters. The van der Waals surface area contributed by atoms with Crippen molar-refractivity contribution in [2.75, 3.05) is 11.9 Å². The maximum absolute atomic E-state index is 12.6. The van der Waals surface area contributed by atoms with Gasteiger partial charge in [-0.2, -0.15) is 5.10 Å². The van der Waals surface area contributed by atoms with E-state index in [4.69, 9.17) is 9.47 Å². The second kappa shape index (κ2) is 8.77. The van der Waals surface area contributed by atoms with Crippen LogP contribution < -0.4 is 5.32 Å². The normalized spacial score (nSPS) is 16.6. The fraction of sp³-hybridized carbons (Fsp3) is 0.500. The minimum atomic E-state index is -1.03. The number of nitrogens with one attached hydrogen (secondary N) is 1. The fourth-order valence-corrected chi connectivity index (χ4v) is 4.68. The monoisotopic (exact) mass is 419 g/mol. The molecule has 2 aromatic heterocycles. The van der Waals surface area contributed by atoms with Crippen molar-refractivity contribution >= 4 is 34.2 Å². The van der Waals surface area contributed by atoms with Gasteiger partial charge in [-0.25, -0.2) is 9.59 Å². The molecule has 0 spiro atoms. The van der Waals surface area contributed by atoms with Gasteiger partial charge in [0.2, 0.25) is 0 Å². The Morgan fingerprint density at radius 2 is 2.14 bits per heavy atom. The quantitative estimate of drug-likeness (QED) is 0.723. The van der Waals surface area contributed by atoms with Crippen LogP contribution in [0.3, 0.4) is 0 Å². The Balaban J connectivity index is 1.76. The number of thiophene rings is 1. The van der Waals surface area contributed by atoms with Gasteiger partial charge in [-0.05, 0) is 44.6 Å². The maximum atomic E-state index is 12.6. The van der Waals surface area contributed by atoms with Crippen LogP contribution in [0.15, 0.2) is 12.4 Å². The second-order valence-electron chi connectivity index (χ2n) is 7.22. The van der Waals surface area contributed by atoms with Gasteiger partial charge in [-0.1, -0.05) is 6.92 Å². The molecule has 2 aromatic rings. The number of ether oxygens (including phenoxy) is 2. The van der Waals surface area contributed by atoms with Crippen LogP contribution in [0.25, 0.3) is 0 Å². The van der Waals surface area contributed by atoms with Crippen molar-refractivity contribution in [3.8, 4) is 0 Å². The van der Waals surface area contributed by atoms with Crippen LogP contribution in [0, 0.1) is 5.92 Å². The van der Waals surface area contributed by atoms with Crippen molar-refractivity contribution in [1.82, 2.24) is 9.78 Å². The summed E-state index contributed by atoms with van der Waals surface area (Å²) >= 11 is 1.40. The van der Waals surface area contributed by atoms with Crippen LogP contribution >= 0.6 is 11.3 Å². The highest BCUT2D eigenvalue weighted by Crippen LogP contribution is 2.40. The Morgan fingerprint density at radius 3 is 2.79 bits per heavy atom. The molecule has 3 rings (SSSR count). The highest BCUT2D eigenvalue weighted by Gasteiger charge is 2.30. The van der Waals surface area contributed by atoms with E-state index >= 15 is 0 Å². The summed E-state index contributed by atoms with van der Waals surface area (Å²) in [4.78, 5) is 38.4. The molecule has 9 heteroatoms. The van der Waals surface area contributed by atoms with Crippen molar-refractivity contribution < 1.29 is 23.9 Å². The van der Waals surface area contributed by atoms with E-state index in [-0.39, 0.29) is 12.2 Å². The topological polar surface area (TPSA) is 99.5 Å². The number of hydrogen-bond donors (Lipinski definition) is 1. The predicted molar refractivity (Wildman–Crippen MR) is 108 cm³/mol. The van der Waals surface area contributed by atoms with Crippen LogP contribution in [0.1, 0.15) is 58.3 Å². The van der Waals surface area contributed by atoms with E-state index < -0.39 is 23.9 Å². The molecule has 1 aliphatic carbocycles. The number of anilines is 1. The van der Waals surface area contributed by atoms with E-state index in [0.717, 1.165) is 29.7 Å². The first-order valence-corrected chi connectivity index (χ1v) is 10.4. The third-order valence-corrected chi connectivity index (χ3v) is 5.99. The zero-order chi connectivity index (χ0) is 21.1. The lowest BCUT2D eigenvalue weighted by molar-refractivity contribution is -0.123. The number of esters is 2. The number of carbonyl (C=O) groups excluding carboxylic acids is 3. The molecule has 0 saturated carbocycles. The van der Waals surface area contributed by atoms with Crippen molar-refractivity contribution in [2.24, 2.45) is 13.0 Å². The average Bonchev–Trinajstić information content (AvgIpc) is 3.24. The van der Waals surface area contributed by atoms with Crippen molar-refractivity contribution in [3.05, 3.63) is 34.0 Å². The summed E-state index contributed by atoms with van der Waals surface area (Å²) in [5.41, 5.74) is 1.65. The van der Waals surface area contributed by atoms with E-state index in [1.165, 1.54) is 35.3 Å². The molecule has 8 nitrogen and oxygen atoms in total. The molecule has 0 bridgehead atoms. The lowest BCUT2D eigenvalue weighted by atomic mass is 9.88. The van der Waals surface area contributed by atoms with Crippen molar-refractivity contribution in [1.29, 1.82) is 0 Å². The molecule has 0 aromatic carbocycles. The van der Waals surface area contributed by atoms with Gasteiger partial charge in [0, 0.05) is 18.1 Å². The SMILES string of the molecule is CCOC(=O)c1c(NC(=O)[C@H](C)OC(=O)c2cnn(C)c2)sc2c1CC[C@H](C)C2. The van der Waals surface area contributed by atoms with Crippen LogP contribution in [0.4, 0.5) is 5.00 Å². The average molecular weight is 420 g/mol. The molecule has 0 fully saturated rings. The molecule has 1 N–H and O–H groups in total. The van der Waals surface area contributed by atoms with Gasteiger partial charge in [0.15, 0.2) is 6.10 Å². The van der Waals surface area contributed by atoms with Gasteiger partial charge in [0.25, 0.3) is 5.91 Å². The third-order valence-electron chi connectivity index (χ3n) is 4.82. The number of carbonyl (C=O) groups is 3. The Bertz CT molecular complexity index is 933. The Morgan fingerprint density at radius 1 is 1.38 bits per heavy atom. The van der Waals surface area contributed by atoms with Gasteiger partial charge >= 0.3 is 11.9 Å². The minimum absolute atomic E-state index is 0.256.